The third-order valence-electron chi connectivity index (χ3n) is 3.62. The van der Waals surface area contributed by atoms with Gasteiger partial charge in [-0.05, 0) is 42.0 Å². The number of halogens is 4. The van der Waals surface area contributed by atoms with Crippen LogP contribution in [0, 0.1) is 0 Å². The average molecular weight is 428 g/mol. The summed E-state index contributed by atoms with van der Waals surface area (Å²) < 4.78 is 43.5. The number of hydrogen-bond acceptors (Lipinski definition) is 3. The molecule has 0 saturated carbocycles. The topological polar surface area (TPSA) is 22.1 Å². The van der Waals surface area contributed by atoms with Gasteiger partial charge < -0.3 is 4.74 Å². The van der Waals surface area contributed by atoms with E-state index < -0.39 is 11.7 Å². The molecule has 0 spiro atoms. The van der Waals surface area contributed by atoms with Crippen molar-refractivity contribution in [2.24, 2.45) is 0 Å². The Bertz CT molecular complexity index is 858. The van der Waals surface area contributed by atoms with Crippen LogP contribution in [0.3, 0.4) is 0 Å². The van der Waals surface area contributed by atoms with E-state index in [9.17, 15) is 13.2 Å². The lowest BCUT2D eigenvalue weighted by molar-refractivity contribution is -0.137. The van der Waals surface area contributed by atoms with E-state index in [1.807, 2.05) is 24.3 Å². The maximum absolute atomic E-state index is 12.8. The molecule has 0 aliphatic carbocycles. The van der Waals surface area contributed by atoms with E-state index >= 15 is 0 Å². The maximum Gasteiger partial charge on any atom is 0.416 e. The standard InChI is InChI=1S/C18H13BrF3NOS/c1-24-14-8-4-11(5-9-14)16-17(25-15(10-19)23-16)12-2-6-13(7-3-12)18(20,21)22/h2-9H,10H2,1H3. The molecule has 7 heteroatoms. The van der Waals surface area contributed by atoms with E-state index in [2.05, 4.69) is 20.9 Å². The lowest BCUT2D eigenvalue weighted by Gasteiger charge is -2.08. The molecule has 25 heavy (non-hydrogen) atoms. The highest BCUT2D eigenvalue weighted by Crippen LogP contribution is 2.39. The van der Waals surface area contributed by atoms with Crippen molar-refractivity contribution in [1.29, 1.82) is 0 Å². The third-order valence-corrected chi connectivity index (χ3v) is 5.63. The summed E-state index contributed by atoms with van der Waals surface area (Å²) in [5, 5.41) is 1.45. The highest BCUT2D eigenvalue weighted by atomic mass is 79.9. The summed E-state index contributed by atoms with van der Waals surface area (Å²) in [6.45, 7) is 0. The number of aromatic nitrogens is 1. The van der Waals surface area contributed by atoms with Gasteiger partial charge in [-0.2, -0.15) is 13.2 Å². The Balaban J connectivity index is 2.05. The summed E-state index contributed by atoms with van der Waals surface area (Å²) in [6, 6.07) is 12.6. The van der Waals surface area contributed by atoms with Gasteiger partial charge in [0, 0.05) is 5.56 Å². The monoisotopic (exact) mass is 427 g/mol. The zero-order valence-corrected chi connectivity index (χ0v) is 15.5. The number of rotatable bonds is 4. The van der Waals surface area contributed by atoms with Gasteiger partial charge >= 0.3 is 6.18 Å². The van der Waals surface area contributed by atoms with Crippen LogP contribution in [0.4, 0.5) is 13.2 Å². The Morgan fingerprint density at radius 3 is 2.12 bits per heavy atom. The van der Waals surface area contributed by atoms with Crippen LogP contribution in [0.5, 0.6) is 5.75 Å². The summed E-state index contributed by atoms with van der Waals surface area (Å²) in [4.78, 5) is 5.45. The molecule has 1 aromatic heterocycles. The number of thiazole rings is 1. The summed E-state index contributed by atoms with van der Waals surface area (Å²) in [5.74, 6) is 0.732. The molecule has 3 rings (SSSR count). The van der Waals surface area contributed by atoms with Gasteiger partial charge in [-0.15, -0.1) is 11.3 Å². The Morgan fingerprint density at radius 1 is 1.00 bits per heavy atom. The van der Waals surface area contributed by atoms with Crippen LogP contribution in [-0.2, 0) is 11.5 Å². The molecular formula is C18H13BrF3NOS. The molecule has 0 N–H and O–H groups in total. The van der Waals surface area contributed by atoms with Crippen LogP contribution in [-0.4, -0.2) is 12.1 Å². The number of methoxy groups -OCH3 is 1. The minimum Gasteiger partial charge on any atom is -0.497 e. The van der Waals surface area contributed by atoms with Crippen LogP contribution < -0.4 is 4.74 Å². The van der Waals surface area contributed by atoms with Crippen molar-refractivity contribution in [2.45, 2.75) is 11.5 Å². The molecule has 0 fully saturated rings. The van der Waals surface area contributed by atoms with E-state index in [1.165, 1.54) is 23.5 Å². The molecule has 130 valence electrons. The van der Waals surface area contributed by atoms with Crippen molar-refractivity contribution in [2.75, 3.05) is 7.11 Å². The van der Waals surface area contributed by atoms with E-state index in [0.717, 1.165) is 39.0 Å². The molecule has 2 nitrogen and oxygen atoms in total. The zero-order valence-electron chi connectivity index (χ0n) is 13.1. The van der Waals surface area contributed by atoms with Crippen molar-refractivity contribution in [3.8, 4) is 27.4 Å². The molecule has 0 bridgehead atoms. The molecule has 0 aliphatic rings. The Kier molecular flexibility index (Phi) is 5.15. The maximum atomic E-state index is 12.8. The predicted molar refractivity (Wildman–Crippen MR) is 97.2 cm³/mol. The Hall–Kier alpha value is -1.86. The van der Waals surface area contributed by atoms with E-state index in [0.29, 0.717) is 10.9 Å². The van der Waals surface area contributed by atoms with Gasteiger partial charge in [-0.1, -0.05) is 28.1 Å². The molecule has 0 amide bonds. The second-order valence-electron chi connectivity index (χ2n) is 5.22. The predicted octanol–water partition coefficient (Wildman–Crippen LogP) is 6.40. The Labute approximate surface area is 155 Å². The van der Waals surface area contributed by atoms with Crippen LogP contribution in [0.1, 0.15) is 10.6 Å². The van der Waals surface area contributed by atoms with Gasteiger partial charge in [0.15, 0.2) is 0 Å². The first-order valence-electron chi connectivity index (χ1n) is 7.30. The van der Waals surface area contributed by atoms with Crippen LogP contribution in [0.25, 0.3) is 21.7 Å². The smallest absolute Gasteiger partial charge is 0.416 e. The van der Waals surface area contributed by atoms with E-state index in [-0.39, 0.29) is 0 Å². The van der Waals surface area contributed by atoms with Crippen molar-refractivity contribution in [1.82, 2.24) is 4.98 Å². The number of hydrogen-bond donors (Lipinski definition) is 0. The number of ether oxygens (including phenoxy) is 1. The fraction of sp³-hybridized carbons (Fsp3) is 0.167. The quantitative estimate of drug-likeness (QED) is 0.449. The average Bonchev–Trinajstić information content (AvgIpc) is 3.05. The second-order valence-corrected chi connectivity index (χ2v) is 6.87. The van der Waals surface area contributed by atoms with Gasteiger partial charge in [-0.3, -0.25) is 0 Å². The fourth-order valence-corrected chi connectivity index (χ4v) is 3.78. The zero-order chi connectivity index (χ0) is 18.0. The van der Waals surface area contributed by atoms with Crippen molar-refractivity contribution < 1.29 is 17.9 Å². The molecule has 2 aromatic carbocycles. The summed E-state index contributed by atoms with van der Waals surface area (Å²) in [5.41, 5.74) is 1.69. The molecule has 0 saturated heterocycles. The first-order valence-corrected chi connectivity index (χ1v) is 9.24. The highest BCUT2D eigenvalue weighted by Gasteiger charge is 2.30. The Morgan fingerprint density at radius 2 is 1.60 bits per heavy atom. The van der Waals surface area contributed by atoms with Crippen LogP contribution >= 0.6 is 27.3 Å². The molecule has 0 radical (unpaired) electrons. The molecule has 0 atom stereocenters. The highest BCUT2D eigenvalue weighted by molar-refractivity contribution is 9.08. The van der Waals surface area contributed by atoms with Gasteiger partial charge in [0.05, 0.1) is 28.6 Å². The van der Waals surface area contributed by atoms with Crippen molar-refractivity contribution in [3.63, 3.8) is 0 Å². The molecule has 3 aromatic rings. The minimum atomic E-state index is -4.34. The number of benzene rings is 2. The van der Waals surface area contributed by atoms with Gasteiger partial charge in [0.1, 0.15) is 10.8 Å². The van der Waals surface area contributed by atoms with Crippen LogP contribution in [0.15, 0.2) is 48.5 Å². The SMILES string of the molecule is COc1ccc(-c2nc(CBr)sc2-c2ccc(C(F)(F)F)cc2)cc1. The van der Waals surface area contributed by atoms with Crippen molar-refractivity contribution >= 4 is 27.3 Å². The minimum absolute atomic E-state index is 0.585. The summed E-state index contributed by atoms with van der Waals surface area (Å²) in [7, 11) is 1.59. The number of nitrogens with zero attached hydrogens (tertiary/aromatic N) is 1. The first kappa shape index (κ1) is 17.9. The molecule has 0 unspecified atom stereocenters. The molecule has 0 aliphatic heterocycles. The van der Waals surface area contributed by atoms with E-state index in [1.54, 1.807) is 7.11 Å². The summed E-state index contributed by atoms with van der Waals surface area (Å²) in [6.07, 6.45) is -4.34. The van der Waals surface area contributed by atoms with Gasteiger partial charge in [-0.25, -0.2) is 4.98 Å². The third kappa shape index (κ3) is 3.88. The number of alkyl halides is 4. The normalized spacial score (nSPS) is 11.6. The molecule has 1 heterocycles. The first-order chi connectivity index (χ1) is 11.9. The van der Waals surface area contributed by atoms with Gasteiger partial charge in [0.25, 0.3) is 0 Å². The van der Waals surface area contributed by atoms with Gasteiger partial charge in [0.2, 0.25) is 0 Å². The van der Waals surface area contributed by atoms with Crippen LogP contribution in [0.2, 0.25) is 0 Å². The van der Waals surface area contributed by atoms with E-state index in [4.69, 9.17) is 4.74 Å². The lowest BCUT2D eigenvalue weighted by Crippen LogP contribution is -2.03. The van der Waals surface area contributed by atoms with Crippen molar-refractivity contribution in [3.05, 3.63) is 59.1 Å². The largest absolute Gasteiger partial charge is 0.497 e. The summed E-state index contributed by atoms with van der Waals surface area (Å²) >= 11 is 4.85. The molecular weight excluding hydrogens is 415 g/mol. The fourth-order valence-electron chi connectivity index (χ4n) is 2.37. The second kappa shape index (κ2) is 7.17. The lowest BCUT2D eigenvalue weighted by atomic mass is 10.1.